The Labute approximate surface area is 100 Å². The first-order valence-electron chi connectivity index (χ1n) is 4.87. The maximum atomic E-state index is 12.0. The molecular weight excluding hydrogens is 220 g/mol. The number of nitrogens with zero attached hydrogens (tertiary/aromatic N) is 2. The highest BCUT2D eigenvalue weighted by Crippen LogP contribution is 2.20. The van der Waals surface area contributed by atoms with Crippen molar-refractivity contribution < 1.29 is 4.79 Å². The second-order valence-corrected chi connectivity index (χ2v) is 4.38. The molecule has 0 aliphatic heterocycles. The van der Waals surface area contributed by atoms with Crippen LogP contribution in [0.15, 0.2) is 23.1 Å². The smallest absolute Gasteiger partial charge is 0.254 e. The van der Waals surface area contributed by atoms with Gasteiger partial charge in [0.15, 0.2) is 0 Å². The third kappa shape index (κ3) is 2.77. The molecule has 4 heteroatoms. The number of carbonyl (C=O) groups excluding carboxylic acids is 1. The molecule has 16 heavy (non-hydrogen) atoms. The number of benzene rings is 1. The Morgan fingerprint density at radius 2 is 2.25 bits per heavy atom. The molecule has 1 aromatic rings. The molecule has 0 aliphatic rings. The standard InChI is InChI=1S/C12H14N2OS/c1-9-4-5-10(16-3)8-11(9)12(15)14(2)7-6-13/h4-5,8H,7H2,1-3H3. The van der Waals surface area contributed by atoms with E-state index in [1.165, 1.54) is 4.90 Å². The van der Waals surface area contributed by atoms with Gasteiger partial charge < -0.3 is 4.90 Å². The molecule has 0 fully saturated rings. The van der Waals surface area contributed by atoms with Crippen LogP contribution in [-0.2, 0) is 0 Å². The Bertz CT molecular complexity index is 437. The fourth-order valence-electron chi connectivity index (χ4n) is 1.34. The van der Waals surface area contributed by atoms with Gasteiger partial charge in [-0.1, -0.05) is 6.07 Å². The molecule has 84 valence electrons. The van der Waals surface area contributed by atoms with Crippen molar-refractivity contribution in [2.75, 3.05) is 19.8 Å². The average molecular weight is 234 g/mol. The molecule has 0 saturated heterocycles. The van der Waals surface area contributed by atoms with Gasteiger partial charge in [-0.2, -0.15) is 5.26 Å². The number of thioether (sulfide) groups is 1. The molecule has 1 rings (SSSR count). The Morgan fingerprint density at radius 1 is 1.56 bits per heavy atom. The van der Waals surface area contributed by atoms with E-state index in [0.717, 1.165) is 10.5 Å². The van der Waals surface area contributed by atoms with Crippen LogP contribution in [0.1, 0.15) is 15.9 Å². The SMILES string of the molecule is CSc1ccc(C)c(C(=O)N(C)CC#N)c1. The summed E-state index contributed by atoms with van der Waals surface area (Å²) in [4.78, 5) is 14.5. The quantitative estimate of drug-likeness (QED) is 0.595. The van der Waals surface area contributed by atoms with Crippen molar-refractivity contribution in [2.24, 2.45) is 0 Å². The van der Waals surface area contributed by atoms with Crippen molar-refractivity contribution in [3.8, 4) is 6.07 Å². The van der Waals surface area contributed by atoms with Crippen LogP contribution >= 0.6 is 11.8 Å². The summed E-state index contributed by atoms with van der Waals surface area (Å²) in [6, 6.07) is 7.75. The molecule has 0 N–H and O–H groups in total. The molecule has 1 amide bonds. The van der Waals surface area contributed by atoms with Crippen molar-refractivity contribution in [2.45, 2.75) is 11.8 Å². The third-order valence-corrected chi connectivity index (χ3v) is 3.06. The first-order valence-corrected chi connectivity index (χ1v) is 6.09. The zero-order valence-electron chi connectivity index (χ0n) is 9.65. The second-order valence-electron chi connectivity index (χ2n) is 3.50. The van der Waals surface area contributed by atoms with E-state index in [-0.39, 0.29) is 12.5 Å². The highest BCUT2D eigenvalue weighted by Gasteiger charge is 2.14. The highest BCUT2D eigenvalue weighted by atomic mass is 32.2. The van der Waals surface area contributed by atoms with E-state index in [9.17, 15) is 4.79 Å². The zero-order chi connectivity index (χ0) is 12.1. The molecule has 0 bridgehead atoms. The minimum Gasteiger partial charge on any atom is -0.328 e. The fraction of sp³-hybridized carbons (Fsp3) is 0.333. The number of rotatable bonds is 3. The van der Waals surface area contributed by atoms with Crippen LogP contribution in [0.4, 0.5) is 0 Å². The Morgan fingerprint density at radius 3 is 2.81 bits per heavy atom. The van der Waals surface area contributed by atoms with Crippen molar-refractivity contribution in [1.82, 2.24) is 4.90 Å². The largest absolute Gasteiger partial charge is 0.328 e. The number of aryl methyl sites for hydroxylation is 1. The van der Waals surface area contributed by atoms with E-state index in [1.807, 2.05) is 37.4 Å². The lowest BCUT2D eigenvalue weighted by molar-refractivity contribution is 0.0811. The molecule has 3 nitrogen and oxygen atoms in total. The van der Waals surface area contributed by atoms with Gasteiger partial charge in [0.25, 0.3) is 5.91 Å². The molecule has 0 unspecified atom stereocenters. The Balaban J connectivity index is 3.03. The number of amides is 1. The normalized spacial score (nSPS) is 9.62. The average Bonchev–Trinajstić information content (AvgIpc) is 2.29. The summed E-state index contributed by atoms with van der Waals surface area (Å²) in [6.07, 6.45) is 1.97. The van der Waals surface area contributed by atoms with Gasteiger partial charge in [-0.05, 0) is 30.9 Å². The lowest BCUT2D eigenvalue weighted by Gasteiger charge is -2.15. The number of nitriles is 1. The van der Waals surface area contributed by atoms with Crippen LogP contribution in [0, 0.1) is 18.3 Å². The van der Waals surface area contributed by atoms with Crippen molar-refractivity contribution in [3.05, 3.63) is 29.3 Å². The van der Waals surface area contributed by atoms with Crippen LogP contribution in [-0.4, -0.2) is 30.7 Å². The summed E-state index contributed by atoms with van der Waals surface area (Å²) in [5.41, 5.74) is 1.61. The molecular formula is C12H14N2OS. The Kier molecular flexibility index (Phi) is 4.39. The van der Waals surface area contributed by atoms with Crippen LogP contribution in [0.2, 0.25) is 0 Å². The van der Waals surface area contributed by atoms with Crippen molar-refractivity contribution >= 4 is 17.7 Å². The maximum Gasteiger partial charge on any atom is 0.254 e. The van der Waals surface area contributed by atoms with E-state index < -0.39 is 0 Å². The highest BCUT2D eigenvalue weighted by molar-refractivity contribution is 7.98. The third-order valence-electron chi connectivity index (χ3n) is 2.33. The van der Waals surface area contributed by atoms with Gasteiger partial charge in [-0.25, -0.2) is 0 Å². The van der Waals surface area contributed by atoms with Gasteiger partial charge >= 0.3 is 0 Å². The number of hydrogen-bond donors (Lipinski definition) is 0. The van der Waals surface area contributed by atoms with Gasteiger partial charge in [0.1, 0.15) is 6.54 Å². The molecule has 0 radical (unpaired) electrons. The van der Waals surface area contributed by atoms with Gasteiger partial charge in [0.05, 0.1) is 6.07 Å². The van der Waals surface area contributed by atoms with Crippen molar-refractivity contribution in [1.29, 1.82) is 5.26 Å². The summed E-state index contributed by atoms with van der Waals surface area (Å²) in [5, 5.41) is 8.55. The lowest BCUT2D eigenvalue weighted by Crippen LogP contribution is -2.27. The maximum absolute atomic E-state index is 12.0. The van der Waals surface area contributed by atoms with Crippen LogP contribution < -0.4 is 0 Å². The molecule has 0 aromatic heterocycles. The lowest BCUT2D eigenvalue weighted by atomic mass is 10.1. The van der Waals surface area contributed by atoms with Gasteiger partial charge in [-0.15, -0.1) is 11.8 Å². The summed E-state index contributed by atoms with van der Waals surface area (Å²) in [5.74, 6) is -0.102. The molecule has 1 aromatic carbocycles. The molecule has 0 heterocycles. The second kappa shape index (κ2) is 5.57. The first kappa shape index (κ1) is 12.6. The molecule has 0 aliphatic carbocycles. The monoisotopic (exact) mass is 234 g/mol. The predicted molar refractivity (Wildman–Crippen MR) is 65.5 cm³/mol. The van der Waals surface area contributed by atoms with E-state index in [4.69, 9.17) is 5.26 Å². The van der Waals surface area contributed by atoms with Gasteiger partial charge in [0.2, 0.25) is 0 Å². The van der Waals surface area contributed by atoms with Gasteiger partial charge in [-0.3, -0.25) is 4.79 Å². The first-order chi connectivity index (χ1) is 7.60. The minimum absolute atomic E-state index is 0.102. The number of carbonyl (C=O) groups is 1. The van der Waals surface area contributed by atoms with Crippen molar-refractivity contribution in [3.63, 3.8) is 0 Å². The predicted octanol–water partition coefficient (Wildman–Crippen LogP) is 2.31. The zero-order valence-corrected chi connectivity index (χ0v) is 10.5. The van der Waals surface area contributed by atoms with Crippen LogP contribution in [0.25, 0.3) is 0 Å². The van der Waals surface area contributed by atoms with Gasteiger partial charge in [0, 0.05) is 17.5 Å². The molecule has 0 atom stereocenters. The van der Waals surface area contributed by atoms with Crippen LogP contribution in [0.3, 0.4) is 0 Å². The summed E-state index contributed by atoms with van der Waals surface area (Å²) >= 11 is 1.60. The number of hydrogen-bond acceptors (Lipinski definition) is 3. The van der Waals surface area contributed by atoms with E-state index in [1.54, 1.807) is 18.8 Å². The van der Waals surface area contributed by atoms with E-state index in [0.29, 0.717) is 5.56 Å². The molecule has 0 saturated carbocycles. The summed E-state index contributed by atoms with van der Waals surface area (Å²) in [6.45, 7) is 2.01. The topological polar surface area (TPSA) is 44.1 Å². The minimum atomic E-state index is -0.102. The van der Waals surface area contributed by atoms with E-state index >= 15 is 0 Å². The molecule has 0 spiro atoms. The summed E-state index contributed by atoms with van der Waals surface area (Å²) in [7, 11) is 1.64. The van der Waals surface area contributed by atoms with E-state index in [2.05, 4.69) is 0 Å². The van der Waals surface area contributed by atoms with Crippen LogP contribution in [0.5, 0.6) is 0 Å². The Hall–Kier alpha value is -1.47. The summed E-state index contributed by atoms with van der Waals surface area (Å²) < 4.78 is 0. The fourth-order valence-corrected chi connectivity index (χ4v) is 1.78.